The first kappa shape index (κ1) is 14.2. The summed E-state index contributed by atoms with van der Waals surface area (Å²) in [6.45, 7) is 0. The number of hydrogen-bond donors (Lipinski definition) is 1. The van der Waals surface area contributed by atoms with Crippen molar-refractivity contribution in [2.45, 2.75) is 10.9 Å². The fourth-order valence-electron chi connectivity index (χ4n) is 1.62. The quantitative estimate of drug-likeness (QED) is 0.489. The Morgan fingerprint density at radius 2 is 1.95 bits per heavy atom. The van der Waals surface area contributed by atoms with Crippen LogP contribution in [0, 0.1) is 0 Å². The molecule has 0 aliphatic rings. The Balaban J connectivity index is 1.86. The molecular weight excluding hydrogens is 424 g/mol. The minimum Gasteiger partial charge on any atom is -0.382 e. The highest BCUT2D eigenvalue weighted by atomic mass is 79.9. The van der Waals surface area contributed by atoms with E-state index in [1.54, 1.807) is 11.8 Å². The van der Waals surface area contributed by atoms with E-state index >= 15 is 0 Å². The zero-order chi connectivity index (χ0) is 14.1. The van der Waals surface area contributed by atoms with Gasteiger partial charge < -0.3 is 5.73 Å². The standard InChI is InChI=1S/C12H8Br2N4S2/c13-7-4-2-1-3-6(7)5-19-12-16-9(15)8-10(18-12)17-11(14)20-8/h1-4H,5H2,(H2,15,16,18). The summed E-state index contributed by atoms with van der Waals surface area (Å²) in [6, 6.07) is 8.09. The molecule has 0 aliphatic carbocycles. The predicted molar refractivity (Wildman–Crippen MR) is 91.0 cm³/mol. The Morgan fingerprint density at radius 3 is 2.75 bits per heavy atom. The van der Waals surface area contributed by atoms with Crippen molar-refractivity contribution in [2.24, 2.45) is 0 Å². The van der Waals surface area contributed by atoms with Crippen LogP contribution in [0.15, 0.2) is 37.8 Å². The van der Waals surface area contributed by atoms with Crippen LogP contribution >= 0.6 is 55.0 Å². The fraction of sp³-hybridized carbons (Fsp3) is 0.0833. The highest BCUT2D eigenvalue weighted by Crippen LogP contribution is 2.31. The first-order valence-electron chi connectivity index (χ1n) is 5.59. The lowest BCUT2D eigenvalue weighted by Crippen LogP contribution is -1.95. The van der Waals surface area contributed by atoms with Crippen molar-refractivity contribution in [1.29, 1.82) is 0 Å². The number of rotatable bonds is 3. The number of thiazole rings is 1. The SMILES string of the molecule is Nc1nc(SCc2ccccc2Br)nc2nc(Br)sc12. The van der Waals surface area contributed by atoms with Gasteiger partial charge in [0.05, 0.1) is 0 Å². The highest BCUT2D eigenvalue weighted by molar-refractivity contribution is 9.11. The van der Waals surface area contributed by atoms with Crippen LogP contribution in [-0.2, 0) is 5.75 Å². The molecule has 102 valence electrons. The Kier molecular flexibility index (Phi) is 4.25. The maximum Gasteiger partial charge on any atom is 0.191 e. The molecule has 2 N–H and O–H groups in total. The molecule has 0 spiro atoms. The summed E-state index contributed by atoms with van der Waals surface area (Å²) in [6.07, 6.45) is 0. The maximum absolute atomic E-state index is 5.95. The number of thioether (sulfide) groups is 1. The first-order valence-corrected chi connectivity index (χ1v) is 8.98. The van der Waals surface area contributed by atoms with Crippen LogP contribution in [0.3, 0.4) is 0 Å². The third kappa shape index (κ3) is 2.98. The van der Waals surface area contributed by atoms with Gasteiger partial charge in [-0.15, -0.1) is 11.3 Å². The average Bonchev–Trinajstić information content (AvgIpc) is 2.79. The van der Waals surface area contributed by atoms with Gasteiger partial charge in [0.2, 0.25) is 0 Å². The van der Waals surface area contributed by atoms with Gasteiger partial charge >= 0.3 is 0 Å². The van der Waals surface area contributed by atoms with Crippen LogP contribution in [0.25, 0.3) is 10.3 Å². The molecule has 3 rings (SSSR count). The second-order valence-corrected chi connectivity index (χ2v) is 7.96. The molecule has 0 atom stereocenters. The molecule has 8 heteroatoms. The van der Waals surface area contributed by atoms with Crippen LogP contribution in [0.5, 0.6) is 0 Å². The molecule has 0 bridgehead atoms. The molecule has 0 aliphatic heterocycles. The predicted octanol–water partition coefficient (Wildman–Crippen LogP) is 4.49. The molecule has 0 amide bonds. The van der Waals surface area contributed by atoms with E-state index in [-0.39, 0.29) is 0 Å². The third-order valence-corrected chi connectivity index (χ3v) is 5.74. The van der Waals surface area contributed by atoms with E-state index < -0.39 is 0 Å². The Bertz CT molecular complexity index is 775. The zero-order valence-electron chi connectivity index (χ0n) is 10.0. The molecule has 0 saturated carbocycles. The van der Waals surface area contributed by atoms with E-state index in [4.69, 9.17) is 5.73 Å². The number of halogens is 2. The third-order valence-electron chi connectivity index (χ3n) is 2.55. The second-order valence-electron chi connectivity index (χ2n) is 3.89. The van der Waals surface area contributed by atoms with Gasteiger partial charge in [-0.2, -0.15) is 0 Å². The van der Waals surface area contributed by atoms with Gasteiger partial charge in [-0.25, -0.2) is 15.0 Å². The fourth-order valence-corrected chi connectivity index (χ4v) is 4.37. The summed E-state index contributed by atoms with van der Waals surface area (Å²) in [5.41, 5.74) is 7.78. The number of nitrogen functional groups attached to an aromatic ring is 1. The number of nitrogens with zero attached hydrogens (tertiary/aromatic N) is 3. The minimum absolute atomic E-state index is 0.479. The molecule has 0 unspecified atom stereocenters. The van der Waals surface area contributed by atoms with E-state index in [2.05, 4.69) is 52.9 Å². The second kappa shape index (κ2) is 5.97. The lowest BCUT2D eigenvalue weighted by Gasteiger charge is -2.04. The largest absolute Gasteiger partial charge is 0.382 e. The molecule has 3 aromatic rings. The van der Waals surface area contributed by atoms with Gasteiger partial charge in [0, 0.05) is 10.2 Å². The highest BCUT2D eigenvalue weighted by Gasteiger charge is 2.11. The summed E-state index contributed by atoms with van der Waals surface area (Å²) in [7, 11) is 0. The maximum atomic E-state index is 5.95. The topological polar surface area (TPSA) is 64.7 Å². The van der Waals surface area contributed by atoms with Crippen LogP contribution in [0.4, 0.5) is 5.82 Å². The average molecular weight is 432 g/mol. The van der Waals surface area contributed by atoms with Crippen molar-refractivity contribution in [1.82, 2.24) is 15.0 Å². The number of benzene rings is 1. The smallest absolute Gasteiger partial charge is 0.191 e. The number of anilines is 1. The number of fused-ring (bicyclic) bond motifs is 1. The summed E-state index contributed by atoms with van der Waals surface area (Å²) in [4.78, 5) is 13.0. The lowest BCUT2D eigenvalue weighted by molar-refractivity contribution is 1.00. The van der Waals surface area contributed by atoms with E-state index in [9.17, 15) is 0 Å². The van der Waals surface area contributed by atoms with Gasteiger partial charge in [-0.3, -0.25) is 0 Å². The lowest BCUT2D eigenvalue weighted by atomic mass is 10.2. The van der Waals surface area contributed by atoms with Crippen LogP contribution in [-0.4, -0.2) is 15.0 Å². The van der Waals surface area contributed by atoms with Crippen molar-refractivity contribution in [3.8, 4) is 0 Å². The molecule has 20 heavy (non-hydrogen) atoms. The van der Waals surface area contributed by atoms with E-state index in [0.29, 0.717) is 16.6 Å². The van der Waals surface area contributed by atoms with Crippen molar-refractivity contribution in [2.75, 3.05) is 5.73 Å². The van der Waals surface area contributed by atoms with Gasteiger partial charge in [0.1, 0.15) is 10.5 Å². The van der Waals surface area contributed by atoms with Crippen LogP contribution in [0.1, 0.15) is 5.56 Å². The molecule has 0 radical (unpaired) electrons. The minimum atomic E-state index is 0.479. The molecule has 0 fully saturated rings. The van der Waals surface area contributed by atoms with Crippen molar-refractivity contribution in [3.05, 3.63) is 38.2 Å². The summed E-state index contributed by atoms with van der Waals surface area (Å²) in [5.74, 6) is 1.25. The molecule has 0 saturated heterocycles. The van der Waals surface area contributed by atoms with Gasteiger partial charge in [-0.1, -0.05) is 45.9 Å². The normalized spacial score (nSPS) is 11.1. The molecule has 2 heterocycles. The van der Waals surface area contributed by atoms with Gasteiger partial charge in [0.15, 0.2) is 14.7 Å². The van der Waals surface area contributed by atoms with Crippen LogP contribution in [0.2, 0.25) is 0 Å². The molecule has 1 aromatic carbocycles. The summed E-state index contributed by atoms with van der Waals surface area (Å²) in [5, 5.41) is 0.642. The number of nitrogens with two attached hydrogens (primary N) is 1. The number of aromatic nitrogens is 3. The van der Waals surface area contributed by atoms with Crippen LogP contribution < -0.4 is 5.73 Å². The zero-order valence-corrected chi connectivity index (χ0v) is 14.8. The summed E-state index contributed by atoms with van der Waals surface area (Å²) >= 11 is 9.86. The van der Waals surface area contributed by atoms with Gasteiger partial charge in [0.25, 0.3) is 0 Å². The van der Waals surface area contributed by atoms with Crippen molar-refractivity contribution in [3.63, 3.8) is 0 Å². The molecule has 4 nitrogen and oxygen atoms in total. The Morgan fingerprint density at radius 1 is 1.15 bits per heavy atom. The van der Waals surface area contributed by atoms with E-state index in [1.165, 1.54) is 16.9 Å². The van der Waals surface area contributed by atoms with Crippen molar-refractivity contribution >= 4 is 71.1 Å². The first-order chi connectivity index (χ1) is 9.63. The Labute approximate surface area is 140 Å². The number of hydrogen-bond acceptors (Lipinski definition) is 6. The Hall–Kier alpha value is -0.700. The molecule has 2 aromatic heterocycles. The summed E-state index contributed by atoms with van der Waals surface area (Å²) < 4.78 is 2.67. The van der Waals surface area contributed by atoms with E-state index in [1.807, 2.05) is 18.2 Å². The van der Waals surface area contributed by atoms with Gasteiger partial charge in [-0.05, 0) is 27.6 Å². The monoisotopic (exact) mass is 430 g/mol. The molecular formula is C12H8Br2N4S2. The van der Waals surface area contributed by atoms with Crippen molar-refractivity contribution < 1.29 is 0 Å². The van der Waals surface area contributed by atoms with E-state index in [0.717, 1.165) is 18.8 Å².